The van der Waals surface area contributed by atoms with Crippen molar-refractivity contribution in [2.24, 2.45) is 5.92 Å². The van der Waals surface area contributed by atoms with Crippen LogP contribution in [0.5, 0.6) is 0 Å². The molecule has 1 heterocycles. The zero-order chi connectivity index (χ0) is 9.84. The van der Waals surface area contributed by atoms with Crippen LogP contribution in [0.1, 0.15) is 20.3 Å². The maximum absolute atomic E-state index is 11.5. The molecular weight excluding hydrogens is 164 g/mol. The molecule has 1 N–H and O–H groups in total. The molecule has 0 saturated carbocycles. The molecule has 0 aliphatic carbocycles. The molecule has 1 unspecified atom stereocenters. The number of hydrogen-bond acceptors (Lipinski definition) is 3. The highest BCUT2D eigenvalue weighted by atomic mass is 16.1. The van der Waals surface area contributed by atoms with Crippen LogP contribution >= 0.6 is 0 Å². The Bertz CT molecular complexity index is 180. The van der Waals surface area contributed by atoms with E-state index in [0.29, 0.717) is 18.2 Å². The number of Topliss-reactive ketones (excluding diaryl/α,β-unsaturated/α-hetero) is 1. The van der Waals surface area contributed by atoms with E-state index in [1.54, 1.807) is 0 Å². The highest BCUT2D eigenvalue weighted by Gasteiger charge is 2.20. The number of likely N-dealkylation sites (N-methyl/N-ethyl adjacent to an activating group) is 1. The molecule has 3 heteroatoms. The molecule has 0 amide bonds. The largest absolute Gasteiger partial charge is 0.311 e. The number of piperazine rings is 1. The van der Waals surface area contributed by atoms with Gasteiger partial charge in [-0.15, -0.1) is 0 Å². The van der Waals surface area contributed by atoms with E-state index in [1.807, 2.05) is 13.8 Å². The Morgan fingerprint density at radius 2 is 2.31 bits per heavy atom. The van der Waals surface area contributed by atoms with Gasteiger partial charge in [0.05, 0.1) is 0 Å². The molecule has 1 atom stereocenters. The second-order valence-corrected chi connectivity index (χ2v) is 4.24. The van der Waals surface area contributed by atoms with Gasteiger partial charge in [0.1, 0.15) is 5.78 Å². The second-order valence-electron chi connectivity index (χ2n) is 4.24. The Morgan fingerprint density at radius 1 is 1.62 bits per heavy atom. The lowest BCUT2D eigenvalue weighted by molar-refractivity contribution is -0.122. The van der Waals surface area contributed by atoms with E-state index >= 15 is 0 Å². The first kappa shape index (κ1) is 10.7. The van der Waals surface area contributed by atoms with Crippen molar-refractivity contribution in [2.45, 2.75) is 26.3 Å². The third-order valence-corrected chi connectivity index (χ3v) is 2.55. The van der Waals surface area contributed by atoms with Gasteiger partial charge in [0.2, 0.25) is 0 Å². The minimum Gasteiger partial charge on any atom is -0.311 e. The molecule has 0 radical (unpaired) electrons. The Morgan fingerprint density at radius 3 is 2.85 bits per heavy atom. The van der Waals surface area contributed by atoms with Crippen LogP contribution < -0.4 is 5.32 Å². The quantitative estimate of drug-likeness (QED) is 0.693. The van der Waals surface area contributed by atoms with E-state index in [9.17, 15) is 4.79 Å². The van der Waals surface area contributed by atoms with Gasteiger partial charge in [-0.3, -0.25) is 4.79 Å². The predicted octanol–water partition coefficient (Wildman–Crippen LogP) is 0.505. The summed E-state index contributed by atoms with van der Waals surface area (Å²) in [7, 11) is 2.10. The fraction of sp³-hybridized carbons (Fsp3) is 0.900. The van der Waals surface area contributed by atoms with Crippen molar-refractivity contribution in [1.82, 2.24) is 10.2 Å². The standard InChI is InChI=1S/C10H20N2O/c1-8(2)10(13)6-9-7-12(3)5-4-11-9/h8-9,11H,4-7H2,1-3H3. The van der Waals surface area contributed by atoms with Gasteiger partial charge in [0, 0.05) is 38.0 Å². The summed E-state index contributed by atoms with van der Waals surface area (Å²) in [5.41, 5.74) is 0. The van der Waals surface area contributed by atoms with Crippen molar-refractivity contribution in [1.29, 1.82) is 0 Å². The van der Waals surface area contributed by atoms with E-state index in [2.05, 4.69) is 17.3 Å². The molecule has 0 aromatic heterocycles. The average molecular weight is 184 g/mol. The molecule has 1 saturated heterocycles. The van der Waals surface area contributed by atoms with Crippen molar-refractivity contribution < 1.29 is 4.79 Å². The summed E-state index contributed by atoms with van der Waals surface area (Å²) in [6, 6.07) is 0.369. The van der Waals surface area contributed by atoms with Gasteiger partial charge in [0.25, 0.3) is 0 Å². The summed E-state index contributed by atoms with van der Waals surface area (Å²) in [5, 5.41) is 3.37. The fourth-order valence-corrected chi connectivity index (χ4v) is 1.61. The highest BCUT2D eigenvalue weighted by Crippen LogP contribution is 2.06. The number of ketones is 1. The summed E-state index contributed by atoms with van der Waals surface area (Å²) in [4.78, 5) is 13.7. The molecule has 0 aromatic carbocycles. The normalized spacial score (nSPS) is 25.1. The Hall–Kier alpha value is -0.410. The Labute approximate surface area is 80.5 Å². The topological polar surface area (TPSA) is 32.3 Å². The molecule has 0 aromatic rings. The van der Waals surface area contributed by atoms with E-state index in [1.165, 1.54) is 0 Å². The van der Waals surface area contributed by atoms with Crippen LogP contribution in [0.25, 0.3) is 0 Å². The first-order valence-corrected chi connectivity index (χ1v) is 5.04. The summed E-state index contributed by atoms with van der Waals surface area (Å²) >= 11 is 0. The number of rotatable bonds is 3. The van der Waals surface area contributed by atoms with Crippen LogP contribution in [0.4, 0.5) is 0 Å². The van der Waals surface area contributed by atoms with Gasteiger partial charge in [-0.2, -0.15) is 0 Å². The van der Waals surface area contributed by atoms with Crippen molar-refractivity contribution in [3.63, 3.8) is 0 Å². The smallest absolute Gasteiger partial charge is 0.137 e. The molecule has 1 rings (SSSR count). The van der Waals surface area contributed by atoms with Gasteiger partial charge in [-0.1, -0.05) is 13.8 Å². The van der Waals surface area contributed by atoms with Crippen molar-refractivity contribution in [3.05, 3.63) is 0 Å². The van der Waals surface area contributed by atoms with E-state index in [4.69, 9.17) is 0 Å². The molecule has 13 heavy (non-hydrogen) atoms. The maximum Gasteiger partial charge on any atom is 0.137 e. The van der Waals surface area contributed by atoms with E-state index < -0.39 is 0 Å². The molecule has 0 spiro atoms. The predicted molar refractivity (Wildman–Crippen MR) is 53.7 cm³/mol. The van der Waals surface area contributed by atoms with Crippen molar-refractivity contribution in [2.75, 3.05) is 26.7 Å². The molecule has 3 nitrogen and oxygen atoms in total. The van der Waals surface area contributed by atoms with Crippen LogP contribution in [0, 0.1) is 5.92 Å². The lowest BCUT2D eigenvalue weighted by Gasteiger charge is -2.30. The summed E-state index contributed by atoms with van der Waals surface area (Å²) < 4.78 is 0. The fourth-order valence-electron chi connectivity index (χ4n) is 1.61. The number of carbonyl (C=O) groups excluding carboxylic acids is 1. The van der Waals surface area contributed by atoms with E-state index in [-0.39, 0.29) is 5.92 Å². The maximum atomic E-state index is 11.5. The first-order valence-electron chi connectivity index (χ1n) is 5.04. The summed E-state index contributed by atoms with van der Waals surface area (Å²) in [5.74, 6) is 0.543. The lowest BCUT2D eigenvalue weighted by Crippen LogP contribution is -2.50. The minimum absolute atomic E-state index is 0.175. The minimum atomic E-state index is 0.175. The zero-order valence-electron chi connectivity index (χ0n) is 8.84. The Balaban J connectivity index is 2.31. The summed E-state index contributed by atoms with van der Waals surface area (Å²) in [6.45, 7) is 7.03. The zero-order valence-corrected chi connectivity index (χ0v) is 8.84. The van der Waals surface area contributed by atoms with E-state index in [0.717, 1.165) is 19.6 Å². The third-order valence-electron chi connectivity index (χ3n) is 2.55. The SMILES string of the molecule is CC(C)C(=O)CC1CN(C)CCN1. The van der Waals surface area contributed by atoms with Crippen LogP contribution in [0.2, 0.25) is 0 Å². The number of hydrogen-bond donors (Lipinski definition) is 1. The first-order chi connectivity index (χ1) is 6.09. The second kappa shape index (κ2) is 4.72. The molecular formula is C10H20N2O. The number of nitrogens with one attached hydrogen (secondary N) is 1. The molecule has 1 aliphatic heterocycles. The molecule has 1 aliphatic rings. The monoisotopic (exact) mass is 184 g/mol. The molecule has 0 bridgehead atoms. The Kier molecular flexibility index (Phi) is 3.88. The van der Waals surface area contributed by atoms with Crippen molar-refractivity contribution >= 4 is 5.78 Å². The van der Waals surface area contributed by atoms with Gasteiger partial charge in [-0.05, 0) is 7.05 Å². The van der Waals surface area contributed by atoms with Gasteiger partial charge >= 0.3 is 0 Å². The van der Waals surface area contributed by atoms with Crippen LogP contribution in [0.3, 0.4) is 0 Å². The third kappa shape index (κ3) is 3.44. The van der Waals surface area contributed by atoms with Crippen LogP contribution in [0.15, 0.2) is 0 Å². The van der Waals surface area contributed by atoms with Crippen LogP contribution in [-0.4, -0.2) is 43.4 Å². The molecule has 1 fully saturated rings. The van der Waals surface area contributed by atoms with Gasteiger partial charge in [0.15, 0.2) is 0 Å². The average Bonchev–Trinajstić information content (AvgIpc) is 2.04. The van der Waals surface area contributed by atoms with Gasteiger partial charge < -0.3 is 10.2 Å². The van der Waals surface area contributed by atoms with Crippen LogP contribution in [-0.2, 0) is 4.79 Å². The van der Waals surface area contributed by atoms with Gasteiger partial charge in [-0.25, -0.2) is 0 Å². The van der Waals surface area contributed by atoms with Crippen molar-refractivity contribution in [3.8, 4) is 0 Å². The highest BCUT2D eigenvalue weighted by molar-refractivity contribution is 5.80. The number of carbonyl (C=O) groups is 1. The number of nitrogens with zero attached hydrogens (tertiary/aromatic N) is 1. The lowest BCUT2D eigenvalue weighted by atomic mass is 10.0. The molecule has 76 valence electrons. The summed E-state index contributed by atoms with van der Waals surface area (Å²) in [6.07, 6.45) is 0.683.